The maximum absolute atomic E-state index is 11.2. The molecule has 1 atom stereocenters. The molecule has 0 aliphatic heterocycles. The van der Waals surface area contributed by atoms with Gasteiger partial charge in [0, 0.05) is 12.6 Å². The molecule has 3 N–H and O–H groups in total. The highest BCUT2D eigenvalue weighted by Crippen LogP contribution is 2.29. The molecule has 1 unspecified atom stereocenters. The number of benzene rings is 2. The second-order valence-electron chi connectivity index (χ2n) is 4.60. The van der Waals surface area contributed by atoms with Crippen LogP contribution in [-0.2, 0) is 4.79 Å². The average Bonchev–Trinajstić information content (AvgIpc) is 2.41. The lowest BCUT2D eigenvalue weighted by molar-refractivity contribution is -0.114. The van der Waals surface area contributed by atoms with Gasteiger partial charge in [0.25, 0.3) is 0 Å². The molecule has 4 nitrogen and oxygen atoms in total. The topological polar surface area (TPSA) is 64.3 Å². The summed E-state index contributed by atoms with van der Waals surface area (Å²) in [6.07, 6.45) is -0.134. The third-order valence-corrected chi connectivity index (χ3v) is 2.91. The molecule has 0 fully saturated rings. The second kappa shape index (κ2) is 6.10. The molecule has 0 radical (unpaired) electrons. The number of ether oxygens (including phenoxy) is 1. The van der Waals surface area contributed by atoms with E-state index in [2.05, 4.69) is 5.32 Å². The molecule has 0 aromatic heterocycles. The van der Waals surface area contributed by atoms with Crippen molar-refractivity contribution in [3.63, 3.8) is 0 Å². The van der Waals surface area contributed by atoms with E-state index in [1.165, 1.54) is 6.92 Å². The van der Waals surface area contributed by atoms with Gasteiger partial charge >= 0.3 is 0 Å². The smallest absolute Gasteiger partial charge is 0.221 e. The zero-order valence-electron chi connectivity index (χ0n) is 11.6. The van der Waals surface area contributed by atoms with Crippen LogP contribution < -0.4 is 15.8 Å². The van der Waals surface area contributed by atoms with Crippen LogP contribution in [0.15, 0.2) is 48.5 Å². The van der Waals surface area contributed by atoms with Gasteiger partial charge in [-0.3, -0.25) is 4.79 Å². The Bertz CT molecular complexity index is 594. The summed E-state index contributed by atoms with van der Waals surface area (Å²) >= 11 is 0. The number of nitrogens with one attached hydrogen (secondary N) is 1. The van der Waals surface area contributed by atoms with Gasteiger partial charge in [-0.25, -0.2) is 0 Å². The van der Waals surface area contributed by atoms with Gasteiger partial charge in [-0.2, -0.15) is 0 Å². The molecular formula is C16H18N2O2. The molecule has 0 heterocycles. The van der Waals surface area contributed by atoms with Crippen molar-refractivity contribution in [2.45, 2.75) is 20.0 Å². The molecule has 4 heteroatoms. The number of anilines is 2. The van der Waals surface area contributed by atoms with E-state index < -0.39 is 0 Å². The molecule has 0 bridgehead atoms. The van der Waals surface area contributed by atoms with Crippen molar-refractivity contribution in [1.82, 2.24) is 0 Å². The van der Waals surface area contributed by atoms with E-state index in [-0.39, 0.29) is 12.0 Å². The normalized spacial score (nSPS) is 11.7. The van der Waals surface area contributed by atoms with Crippen LogP contribution in [0.5, 0.6) is 5.75 Å². The molecule has 20 heavy (non-hydrogen) atoms. The van der Waals surface area contributed by atoms with Crippen molar-refractivity contribution in [2.75, 3.05) is 11.1 Å². The molecule has 0 aliphatic rings. The highest BCUT2D eigenvalue weighted by atomic mass is 16.5. The Hall–Kier alpha value is -2.49. The van der Waals surface area contributed by atoms with Gasteiger partial charge in [-0.15, -0.1) is 0 Å². The average molecular weight is 270 g/mol. The van der Waals surface area contributed by atoms with Gasteiger partial charge in [0.2, 0.25) is 5.91 Å². The number of para-hydroxylation sites is 2. The first-order valence-electron chi connectivity index (χ1n) is 6.45. The zero-order valence-corrected chi connectivity index (χ0v) is 11.6. The predicted octanol–water partition coefficient (Wildman–Crippen LogP) is 3.37. The summed E-state index contributed by atoms with van der Waals surface area (Å²) in [5, 5.41) is 2.76. The number of nitrogens with two attached hydrogens (primary N) is 1. The number of carbonyl (C=O) groups excluding carboxylic acids is 1. The lowest BCUT2D eigenvalue weighted by Crippen LogP contribution is -2.09. The third kappa shape index (κ3) is 3.51. The van der Waals surface area contributed by atoms with Gasteiger partial charge in [-0.05, 0) is 36.8 Å². The zero-order chi connectivity index (χ0) is 14.5. The number of hydrogen-bond acceptors (Lipinski definition) is 3. The number of amides is 1. The van der Waals surface area contributed by atoms with Gasteiger partial charge in [0.15, 0.2) is 0 Å². The van der Waals surface area contributed by atoms with Crippen LogP contribution in [0.2, 0.25) is 0 Å². The molecule has 2 aromatic carbocycles. The van der Waals surface area contributed by atoms with E-state index in [1.807, 2.05) is 55.5 Å². The van der Waals surface area contributed by atoms with Gasteiger partial charge in [-0.1, -0.05) is 24.3 Å². The molecule has 0 saturated carbocycles. The summed E-state index contributed by atoms with van der Waals surface area (Å²) in [5.41, 5.74) is 8.09. The van der Waals surface area contributed by atoms with E-state index in [9.17, 15) is 4.79 Å². The predicted molar refractivity (Wildman–Crippen MR) is 80.6 cm³/mol. The maximum atomic E-state index is 11.2. The first kappa shape index (κ1) is 13.9. The van der Waals surface area contributed by atoms with E-state index in [1.54, 1.807) is 0 Å². The Labute approximate surface area is 118 Å². The summed E-state index contributed by atoms with van der Waals surface area (Å²) in [5.74, 6) is 0.521. The van der Waals surface area contributed by atoms with Crippen LogP contribution >= 0.6 is 0 Å². The minimum absolute atomic E-state index is 0.124. The lowest BCUT2D eigenvalue weighted by atomic mass is 10.1. The van der Waals surface area contributed by atoms with Crippen LogP contribution in [0.3, 0.4) is 0 Å². The monoisotopic (exact) mass is 270 g/mol. The van der Waals surface area contributed by atoms with Crippen LogP contribution in [0.25, 0.3) is 0 Å². The highest BCUT2D eigenvalue weighted by molar-refractivity contribution is 5.90. The molecule has 104 valence electrons. The third-order valence-electron chi connectivity index (χ3n) is 2.91. The molecule has 0 aliphatic carbocycles. The molecule has 2 aromatic rings. The minimum atomic E-state index is -0.134. The number of hydrogen-bond donors (Lipinski definition) is 2. The number of carbonyl (C=O) groups is 1. The molecule has 0 spiro atoms. The van der Waals surface area contributed by atoms with E-state index in [0.717, 1.165) is 11.3 Å². The van der Waals surface area contributed by atoms with Crippen molar-refractivity contribution in [3.05, 3.63) is 54.1 Å². The van der Waals surface area contributed by atoms with Crippen molar-refractivity contribution >= 4 is 17.3 Å². The van der Waals surface area contributed by atoms with Crippen LogP contribution in [0.1, 0.15) is 25.5 Å². The van der Waals surface area contributed by atoms with Crippen molar-refractivity contribution in [1.29, 1.82) is 0 Å². The van der Waals surface area contributed by atoms with Crippen molar-refractivity contribution in [2.24, 2.45) is 0 Å². The Balaban J connectivity index is 2.17. The Morgan fingerprint density at radius 3 is 2.45 bits per heavy atom. The summed E-state index contributed by atoms with van der Waals surface area (Å²) in [7, 11) is 0. The highest BCUT2D eigenvalue weighted by Gasteiger charge is 2.10. The molecule has 1 amide bonds. The summed E-state index contributed by atoms with van der Waals surface area (Å²) < 4.78 is 5.92. The summed E-state index contributed by atoms with van der Waals surface area (Å²) in [4.78, 5) is 11.2. The van der Waals surface area contributed by atoms with Crippen molar-refractivity contribution in [3.8, 4) is 5.75 Å². The van der Waals surface area contributed by atoms with Crippen LogP contribution in [0, 0.1) is 0 Å². The summed E-state index contributed by atoms with van der Waals surface area (Å²) in [6.45, 7) is 3.43. The standard InChI is InChI=1S/C16H18N2O2/c1-11(13-7-9-14(17)10-8-13)20-16-6-4-3-5-15(16)18-12(2)19/h3-11H,17H2,1-2H3,(H,18,19). The number of rotatable bonds is 4. The largest absolute Gasteiger partial charge is 0.484 e. The lowest BCUT2D eigenvalue weighted by Gasteiger charge is -2.18. The fraction of sp³-hybridized carbons (Fsp3) is 0.188. The molecule has 0 saturated heterocycles. The maximum Gasteiger partial charge on any atom is 0.221 e. The van der Waals surface area contributed by atoms with Gasteiger partial charge < -0.3 is 15.8 Å². The Morgan fingerprint density at radius 2 is 1.80 bits per heavy atom. The Kier molecular flexibility index (Phi) is 4.25. The quantitative estimate of drug-likeness (QED) is 0.837. The van der Waals surface area contributed by atoms with Gasteiger partial charge in [0.1, 0.15) is 11.9 Å². The van der Waals surface area contributed by atoms with Crippen molar-refractivity contribution < 1.29 is 9.53 Å². The first-order valence-corrected chi connectivity index (χ1v) is 6.45. The van der Waals surface area contributed by atoms with E-state index >= 15 is 0 Å². The number of nitrogen functional groups attached to an aromatic ring is 1. The minimum Gasteiger partial charge on any atom is -0.484 e. The van der Waals surface area contributed by atoms with E-state index in [0.29, 0.717) is 11.4 Å². The van der Waals surface area contributed by atoms with Gasteiger partial charge in [0.05, 0.1) is 5.69 Å². The van der Waals surface area contributed by atoms with Crippen LogP contribution in [0.4, 0.5) is 11.4 Å². The fourth-order valence-electron chi connectivity index (χ4n) is 1.89. The van der Waals surface area contributed by atoms with Crippen LogP contribution in [-0.4, -0.2) is 5.91 Å². The SMILES string of the molecule is CC(=O)Nc1ccccc1OC(C)c1ccc(N)cc1. The van der Waals surface area contributed by atoms with E-state index in [4.69, 9.17) is 10.5 Å². The fourth-order valence-corrected chi connectivity index (χ4v) is 1.89. The molecular weight excluding hydrogens is 252 g/mol. The second-order valence-corrected chi connectivity index (χ2v) is 4.60. The summed E-state index contributed by atoms with van der Waals surface area (Å²) in [6, 6.07) is 14.9. The Morgan fingerprint density at radius 1 is 1.15 bits per heavy atom. The first-order chi connectivity index (χ1) is 9.56. The molecule has 2 rings (SSSR count).